The van der Waals surface area contributed by atoms with Gasteiger partial charge in [0.2, 0.25) is 11.8 Å². The lowest BCUT2D eigenvalue weighted by atomic mass is 9.98. The van der Waals surface area contributed by atoms with Crippen LogP contribution in [-0.2, 0) is 13.5 Å². The number of benzene rings is 1. The molecule has 0 radical (unpaired) electrons. The zero-order valence-corrected chi connectivity index (χ0v) is 18.4. The fourth-order valence-corrected chi connectivity index (χ4v) is 4.16. The summed E-state index contributed by atoms with van der Waals surface area (Å²) in [6, 6.07) is 15.5. The monoisotopic (exact) mass is 458 g/mol. The standard InChI is InChI=1S/C23H19ClN8O/c1-31-19(7-9-26-31)28-23-25-8-6-18(27-23)15-11-20-29-30-22-16(13-33-21(12-15)32(20)22)10-14-2-4-17(24)5-3-14/h2-9,11-12,16H,10,13H2,1H3,(H,25,27,28)/t16-/m1/s1. The number of ether oxygens (including phenoxy) is 1. The highest BCUT2D eigenvalue weighted by molar-refractivity contribution is 6.30. The average molecular weight is 459 g/mol. The summed E-state index contributed by atoms with van der Waals surface area (Å²) in [6.07, 6.45) is 4.23. The molecule has 0 amide bonds. The molecule has 6 rings (SSSR count). The third-order valence-corrected chi connectivity index (χ3v) is 5.95. The van der Waals surface area contributed by atoms with E-state index in [0.717, 1.165) is 40.0 Å². The largest absolute Gasteiger partial charge is 0.478 e. The lowest BCUT2D eigenvalue weighted by Crippen LogP contribution is -2.22. The van der Waals surface area contributed by atoms with Crippen LogP contribution in [0.5, 0.6) is 5.88 Å². The number of pyridine rings is 1. The number of nitrogens with zero attached hydrogens (tertiary/aromatic N) is 7. The summed E-state index contributed by atoms with van der Waals surface area (Å²) in [4.78, 5) is 8.98. The van der Waals surface area contributed by atoms with E-state index in [-0.39, 0.29) is 5.92 Å². The summed E-state index contributed by atoms with van der Waals surface area (Å²) in [5.74, 6) is 2.99. The quantitative estimate of drug-likeness (QED) is 0.424. The Kier molecular flexibility index (Phi) is 4.69. The molecule has 164 valence electrons. The second kappa shape index (κ2) is 7.86. The molecule has 5 heterocycles. The Bertz CT molecular complexity index is 1460. The summed E-state index contributed by atoms with van der Waals surface area (Å²) in [5, 5.41) is 17.0. The first kappa shape index (κ1) is 19.7. The molecule has 1 aliphatic rings. The van der Waals surface area contributed by atoms with Crippen LogP contribution < -0.4 is 10.1 Å². The number of hydrogen-bond acceptors (Lipinski definition) is 7. The molecule has 0 aliphatic carbocycles. The van der Waals surface area contributed by atoms with Crippen LogP contribution in [-0.4, -0.2) is 41.0 Å². The van der Waals surface area contributed by atoms with Crippen LogP contribution in [0.25, 0.3) is 16.9 Å². The van der Waals surface area contributed by atoms with E-state index < -0.39 is 0 Å². The molecule has 1 aromatic carbocycles. The van der Waals surface area contributed by atoms with E-state index in [2.05, 4.69) is 30.6 Å². The fraction of sp³-hybridized carbons (Fsp3) is 0.174. The SMILES string of the molecule is Cn1nccc1Nc1nccc(-c2cc3n4c(nnc4c2)[C@H](Cc2ccc(Cl)cc2)CO3)n1. The summed E-state index contributed by atoms with van der Waals surface area (Å²) >= 11 is 6.02. The fourth-order valence-electron chi connectivity index (χ4n) is 4.03. The first-order valence-electron chi connectivity index (χ1n) is 10.5. The number of anilines is 2. The van der Waals surface area contributed by atoms with Crippen molar-refractivity contribution in [2.24, 2.45) is 7.05 Å². The molecule has 0 saturated heterocycles. The second-order valence-corrected chi connectivity index (χ2v) is 8.34. The molecule has 4 aromatic heterocycles. The Morgan fingerprint density at radius 2 is 1.97 bits per heavy atom. The molecule has 0 unspecified atom stereocenters. The maximum atomic E-state index is 6.14. The highest BCUT2D eigenvalue weighted by Crippen LogP contribution is 2.33. The minimum Gasteiger partial charge on any atom is -0.478 e. The van der Waals surface area contributed by atoms with Crippen molar-refractivity contribution in [3.63, 3.8) is 0 Å². The summed E-state index contributed by atoms with van der Waals surface area (Å²) < 4.78 is 9.84. The van der Waals surface area contributed by atoms with Crippen molar-refractivity contribution >= 4 is 29.0 Å². The van der Waals surface area contributed by atoms with Crippen LogP contribution in [0.1, 0.15) is 17.3 Å². The number of aromatic nitrogens is 7. The van der Waals surface area contributed by atoms with Crippen LogP contribution in [0.2, 0.25) is 5.02 Å². The summed E-state index contributed by atoms with van der Waals surface area (Å²) in [7, 11) is 1.85. The minimum atomic E-state index is 0.105. The van der Waals surface area contributed by atoms with Crippen molar-refractivity contribution < 1.29 is 4.74 Å². The van der Waals surface area contributed by atoms with E-state index >= 15 is 0 Å². The van der Waals surface area contributed by atoms with Gasteiger partial charge in [-0.1, -0.05) is 23.7 Å². The van der Waals surface area contributed by atoms with Crippen LogP contribution in [0.3, 0.4) is 0 Å². The first-order chi connectivity index (χ1) is 16.1. The zero-order chi connectivity index (χ0) is 22.4. The molecule has 9 nitrogen and oxygen atoms in total. The molecule has 1 N–H and O–H groups in total. The van der Waals surface area contributed by atoms with Crippen molar-refractivity contribution in [1.82, 2.24) is 34.3 Å². The van der Waals surface area contributed by atoms with E-state index in [9.17, 15) is 0 Å². The molecule has 0 fully saturated rings. The van der Waals surface area contributed by atoms with Crippen LogP contribution in [0, 0.1) is 0 Å². The highest BCUT2D eigenvalue weighted by atomic mass is 35.5. The third-order valence-electron chi connectivity index (χ3n) is 5.70. The van der Waals surface area contributed by atoms with Gasteiger partial charge in [-0.3, -0.25) is 4.68 Å². The van der Waals surface area contributed by atoms with Crippen LogP contribution >= 0.6 is 11.6 Å². The molecular weight excluding hydrogens is 440 g/mol. The molecule has 0 saturated carbocycles. The molecular formula is C23H19ClN8O. The van der Waals surface area contributed by atoms with Crippen molar-refractivity contribution in [2.75, 3.05) is 11.9 Å². The molecule has 5 aromatic rings. The molecule has 1 aliphatic heterocycles. The van der Waals surface area contributed by atoms with Gasteiger partial charge in [0.15, 0.2) is 5.65 Å². The molecule has 1 atom stereocenters. The smallest absolute Gasteiger partial charge is 0.228 e. The van der Waals surface area contributed by atoms with Gasteiger partial charge in [-0.15, -0.1) is 10.2 Å². The van der Waals surface area contributed by atoms with Crippen molar-refractivity contribution in [3.05, 3.63) is 77.3 Å². The molecule has 0 bridgehead atoms. The van der Waals surface area contributed by atoms with Crippen molar-refractivity contribution in [3.8, 4) is 17.1 Å². The Balaban J connectivity index is 1.32. The number of rotatable bonds is 5. The predicted octanol–water partition coefficient (Wildman–Crippen LogP) is 4.04. The summed E-state index contributed by atoms with van der Waals surface area (Å²) in [5.41, 5.74) is 3.53. The topological polar surface area (TPSA) is 95.1 Å². The number of nitrogens with one attached hydrogen (secondary N) is 1. The number of halogens is 1. The minimum absolute atomic E-state index is 0.105. The van der Waals surface area contributed by atoms with E-state index in [1.807, 2.05) is 60.0 Å². The normalized spacial score (nSPS) is 14.9. The Hall–Kier alpha value is -3.98. The maximum absolute atomic E-state index is 6.14. The number of aryl methyl sites for hydroxylation is 1. The van der Waals surface area contributed by atoms with E-state index in [1.54, 1.807) is 17.1 Å². The third kappa shape index (κ3) is 3.66. The van der Waals surface area contributed by atoms with Gasteiger partial charge in [-0.05, 0) is 36.2 Å². The van der Waals surface area contributed by atoms with E-state index in [1.165, 1.54) is 5.56 Å². The van der Waals surface area contributed by atoms with Crippen LogP contribution in [0.15, 0.2) is 60.9 Å². The van der Waals surface area contributed by atoms with Gasteiger partial charge in [0.1, 0.15) is 18.2 Å². The first-order valence-corrected chi connectivity index (χ1v) is 10.9. The number of hydrogen-bond donors (Lipinski definition) is 1. The van der Waals surface area contributed by atoms with Crippen LogP contribution in [0.4, 0.5) is 11.8 Å². The Morgan fingerprint density at radius 1 is 1.09 bits per heavy atom. The second-order valence-electron chi connectivity index (χ2n) is 7.90. The van der Waals surface area contributed by atoms with Gasteiger partial charge in [0.25, 0.3) is 0 Å². The van der Waals surface area contributed by atoms with Crippen molar-refractivity contribution in [2.45, 2.75) is 12.3 Å². The van der Waals surface area contributed by atoms with Gasteiger partial charge in [-0.2, -0.15) is 5.10 Å². The van der Waals surface area contributed by atoms with Gasteiger partial charge in [0, 0.05) is 36.0 Å². The van der Waals surface area contributed by atoms with E-state index in [4.69, 9.17) is 16.3 Å². The lowest BCUT2D eigenvalue weighted by molar-refractivity contribution is 0.245. The van der Waals surface area contributed by atoms with Crippen molar-refractivity contribution in [1.29, 1.82) is 0 Å². The molecule has 0 spiro atoms. The predicted molar refractivity (Wildman–Crippen MR) is 124 cm³/mol. The lowest BCUT2D eigenvalue weighted by Gasteiger charge is -2.23. The van der Waals surface area contributed by atoms with Gasteiger partial charge >= 0.3 is 0 Å². The van der Waals surface area contributed by atoms with E-state index in [0.29, 0.717) is 18.4 Å². The van der Waals surface area contributed by atoms with Gasteiger partial charge in [-0.25, -0.2) is 14.4 Å². The highest BCUT2D eigenvalue weighted by Gasteiger charge is 2.27. The molecule has 33 heavy (non-hydrogen) atoms. The molecule has 10 heteroatoms. The van der Waals surface area contributed by atoms with Gasteiger partial charge < -0.3 is 10.1 Å². The maximum Gasteiger partial charge on any atom is 0.228 e. The summed E-state index contributed by atoms with van der Waals surface area (Å²) in [6.45, 7) is 0.525. The zero-order valence-electron chi connectivity index (χ0n) is 17.7. The Morgan fingerprint density at radius 3 is 2.79 bits per heavy atom. The average Bonchev–Trinajstić information content (AvgIpc) is 3.44. The Labute approximate surface area is 194 Å². The van der Waals surface area contributed by atoms with Gasteiger partial charge in [0.05, 0.1) is 17.8 Å².